The molecule has 0 aliphatic rings. The zero-order valence-electron chi connectivity index (χ0n) is 2.06. The second-order valence-corrected chi connectivity index (χ2v) is 0.999. The van der Waals surface area contributed by atoms with Gasteiger partial charge in [-0.15, -0.1) is 0 Å². The molecule has 1 radical (unpaired) electrons. The van der Waals surface area contributed by atoms with E-state index in [1.54, 1.807) is 0 Å². The lowest BCUT2D eigenvalue weighted by Crippen LogP contribution is -1.83. The highest BCUT2D eigenvalue weighted by molar-refractivity contribution is 6.54. The molecule has 0 aromatic rings. The van der Waals surface area contributed by atoms with Gasteiger partial charge in [0.15, 0.2) is 4.83 Å². The molecule has 0 atom stereocenters. The normalized spacial score (nSPS) is 4.80. The minimum Gasteiger partial charge on any atom is -0.497 e. The molecule has 0 fully saturated rings. The molecule has 0 aliphatic carbocycles. The van der Waals surface area contributed by atoms with Crippen LogP contribution in [0.25, 0.3) is 0 Å². The highest BCUT2D eigenvalue weighted by Crippen LogP contribution is 1.41. The molecule has 0 aromatic carbocycles. The van der Waals surface area contributed by atoms with Crippen molar-refractivity contribution in [3.05, 3.63) is 0 Å². The number of carbonyl (C=O) groups is 1. The minimum absolute atomic E-state index is 0. The van der Waals surface area contributed by atoms with E-state index in [9.17, 15) is 0 Å². The van der Waals surface area contributed by atoms with Crippen molar-refractivity contribution < 1.29 is 9.90 Å². The number of rotatable bonds is 0. The second kappa shape index (κ2) is 4.77. The SMILES string of the molecule is O=[C](O)[AlH].[MgH2]. The van der Waals surface area contributed by atoms with Gasteiger partial charge in [0, 0.05) is 0 Å². The van der Waals surface area contributed by atoms with Crippen LogP contribution in [0.15, 0.2) is 0 Å². The fraction of sp³-hybridized carbons (Fsp3) is 0. The predicted octanol–water partition coefficient (Wildman–Crippen LogP) is -1.35. The monoisotopic (exact) mass is 99.0 g/mol. The Balaban J connectivity index is 0. The van der Waals surface area contributed by atoms with E-state index < -0.39 is 4.83 Å². The standard InChI is InChI=1S/CHO2.Al.Mg.3H/c2-1-3;;;;;/h(H,2,3);;;;;. The summed E-state index contributed by atoms with van der Waals surface area (Å²) in [6, 6.07) is 0. The van der Waals surface area contributed by atoms with Gasteiger partial charge in [0.2, 0.25) is 0 Å². The molecule has 0 bridgehead atoms. The maximum Gasteiger partial charge on any atom is 0.358 e. The van der Waals surface area contributed by atoms with Crippen LogP contribution in [0.1, 0.15) is 0 Å². The van der Waals surface area contributed by atoms with Crippen molar-refractivity contribution >= 4 is 44.2 Å². The van der Waals surface area contributed by atoms with Gasteiger partial charge in [0.25, 0.3) is 0 Å². The summed E-state index contributed by atoms with van der Waals surface area (Å²) in [5, 5.41) is 7.43. The van der Waals surface area contributed by atoms with Crippen LogP contribution in [-0.4, -0.2) is 49.3 Å². The van der Waals surface area contributed by atoms with Crippen LogP contribution in [0, 0.1) is 0 Å². The van der Waals surface area contributed by atoms with Gasteiger partial charge in [-0.1, -0.05) is 0 Å². The lowest BCUT2D eigenvalue weighted by Gasteiger charge is -1.61. The molecule has 0 rings (SSSR count). The molecule has 0 heterocycles. The summed E-state index contributed by atoms with van der Waals surface area (Å²) in [5.74, 6) is 0. The minimum atomic E-state index is -0.806. The van der Waals surface area contributed by atoms with Gasteiger partial charge in [-0.3, -0.25) is 4.79 Å². The topological polar surface area (TPSA) is 37.3 Å². The van der Waals surface area contributed by atoms with E-state index in [0.717, 1.165) is 16.3 Å². The molecule has 2 nitrogen and oxygen atoms in total. The van der Waals surface area contributed by atoms with Crippen LogP contribution >= 0.6 is 0 Å². The van der Waals surface area contributed by atoms with Crippen molar-refractivity contribution in [2.24, 2.45) is 0 Å². The molecule has 25 valence electrons. The van der Waals surface area contributed by atoms with E-state index in [4.69, 9.17) is 9.90 Å². The van der Waals surface area contributed by atoms with Crippen molar-refractivity contribution in [2.45, 2.75) is 0 Å². The Morgan fingerprint density at radius 2 is 1.80 bits per heavy atom. The first-order chi connectivity index (χ1) is 1.73. The summed E-state index contributed by atoms with van der Waals surface area (Å²) in [5.41, 5.74) is 0. The lowest BCUT2D eigenvalue weighted by molar-refractivity contribution is 0.220. The molecule has 0 amide bonds. The Bertz CT molecular complexity index is 32.6. The van der Waals surface area contributed by atoms with Crippen LogP contribution in [0.4, 0.5) is 4.79 Å². The summed E-state index contributed by atoms with van der Waals surface area (Å²) < 4.78 is 0. The van der Waals surface area contributed by atoms with Crippen molar-refractivity contribution in [2.75, 3.05) is 0 Å². The Labute approximate surface area is 54.1 Å². The molecular weight excluding hydrogens is 95.3 g/mol. The average Bonchev–Trinajstić information content (AvgIpc) is 0.811. The van der Waals surface area contributed by atoms with Gasteiger partial charge >= 0.3 is 39.3 Å². The zero-order chi connectivity index (χ0) is 3.58. The van der Waals surface area contributed by atoms with Crippen LogP contribution in [0.2, 0.25) is 0 Å². The Morgan fingerprint density at radius 3 is 1.80 bits per heavy atom. The van der Waals surface area contributed by atoms with E-state index in [1.165, 1.54) is 0 Å². The largest absolute Gasteiger partial charge is 0.497 e. The number of hydrogen-bond donors (Lipinski definition) is 1. The molecule has 0 spiro atoms. The summed E-state index contributed by atoms with van der Waals surface area (Å²) in [4.78, 5) is 8.21. The first kappa shape index (κ1) is 9.24. The first-order valence-corrected chi connectivity index (χ1v) is 1.49. The number of hydrogen-bond acceptors (Lipinski definition) is 1. The van der Waals surface area contributed by atoms with E-state index >= 15 is 0 Å². The van der Waals surface area contributed by atoms with Gasteiger partial charge in [0.05, 0.1) is 0 Å². The fourth-order valence-electron chi connectivity index (χ4n) is 0. The summed E-state index contributed by atoms with van der Waals surface area (Å²) in [6.07, 6.45) is 0. The van der Waals surface area contributed by atoms with Crippen molar-refractivity contribution in [3.8, 4) is 0 Å². The number of carboxylic acid groups (broad SMARTS) is 1. The third-order valence-electron chi connectivity index (χ3n) is 0. The third kappa shape index (κ3) is 61.9. The van der Waals surface area contributed by atoms with E-state index in [1.807, 2.05) is 0 Å². The van der Waals surface area contributed by atoms with Gasteiger partial charge < -0.3 is 5.11 Å². The third-order valence-corrected chi connectivity index (χ3v) is 0. The zero-order valence-corrected chi connectivity index (χ0v) is 3.48. The van der Waals surface area contributed by atoms with Crippen LogP contribution in [0.3, 0.4) is 0 Å². The molecule has 0 aliphatic heterocycles. The summed E-state index contributed by atoms with van der Waals surface area (Å²) in [7, 11) is 0. The second-order valence-electron chi connectivity index (χ2n) is 0.394. The molecule has 5 heavy (non-hydrogen) atoms. The van der Waals surface area contributed by atoms with Gasteiger partial charge in [-0.25, -0.2) is 0 Å². The summed E-state index contributed by atoms with van der Waals surface area (Å²) in [6.45, 7) is 0. The van der Waals surface area contributed by atoms with Crippen molar-refractivity contribution in [3.63, 3.8) is 0 Å². The molecule has 0 aromatic heterocycles. The Hall–Kier alpha value is 0.769. The molecule has 1 N–H and O–H groups in total. The predicted molar refractivity (Wildman–Crippen MR) is 23.7 cm³/mol. The van der Waals surface area contributed by atoms with Crippen LogP contribution in [-0.2, 0) is 0 Å². The maximum atomic E-state index is 9.01. The van der Waals surface area contributed by atoms with Crippen LogP contribution < -0.4 is 0 Å². The molecule has 4 heteroatoms. The van der Waals surface area contributed by atoms with E-state index in [-0.39, 0.29) is 23.1 Å². The fourth-order valence-corrected chi connectivity index (χ4v) is 0. The average molecular weight is 99.3 g/mol. The van der Waals surface area contributed by atoms with Crippen LogP contribution in [0.5, 0.6) is 0 Å². The lowest BCUT2D eigenvalue weighted by atomic mass is 11.6. The highest BCUT2D eigenvalue weighted by atomic mass is 27.0. The van der Waals surface area contributed by atoms with Gasteiger partial charge in [0.1, 0.15) is 0 Å². The highest BCUT2D eigenvalue weighted by Gasteiger charge is 1.66. The van der Waals surface area contributed by atoms with Crippen molar-refractivity contribution in [1.29, 1.82) is 0 Å². The maximum absolute atomic E-state index is 9.01. The Kier molecular flexibility index (Phi) is 8.81. The van der Waals surface area contributed by atoms with Gasteiger partial charge in [-0.05, 0) is 0 Å². The van der Waals surface area contributed by atoms with Crippen molar-refractivity contribution in [1.82, 2.24) is 0 Å². The molecule has 0 saturated carbocycles. The molecular formula is CH4AlMgO2. The molecule has 0 unspecified atom stereocenters. The quantitative estimate of drug-likeness (QED) is 0.381. The van der Waals surface area contributed by atoms with E-state index in [2.05, 4.69) is 0 Å². The smallest absolute Gasteiger partial charge is 0.358 e. The van der Waals surface area contributed by atoms with E-state index in [0.29, 0.717) is 0 Å². The first-order valence-electron chi connectivity index (χ1n) is 0.781. The molecule has 0 saturated heterocycles. The summed E-state index contributed by atoms with van der Waals surface area (Å²) >= 11 is 0.920. The van der Waals surface area contributed by atoms with Gasteiger partial charge in [-0.2, -0.15) is 0 Å². The Morgan fingerprint density at radius 1 is 1.80 bits per heavy atom.